The Hall–Kier alpha value is -7.09. The van der Waals surface area contributed by atoms with Gasteiger partial charge in [0, 0.05) is 11.5 Å². The van der Waals surface area contributed by atoms with Crippen molar-refractivity contribution >= 4 is 43.7 Å². The molecular weight excluding hydrogens is 675 g/mol. The average molecular weight is 710 g/mol. The molecule has 0 N–H and O–H groups in total. The standard InChI is InChI=1S/C55H35N/c1-34-44(35-16-4-2-5-17-35)33-53(36-18-6-3-7-19-36)56-54(34)37-28-29-51-47(30-37)42-24-12-14-26-49(42)55(51)50-27-15-13-25-43(50)48-31-45-40-22-10-8-20-38(40)39-21-9-11-23-41(39)46(45)32-52(48)55/h2-33,44H,1H2. The summed E-state index contributed by atoms with van der Waals surface area (Å²) in [6.07, 6.45) is 2.28. The van der Waals surface area contributed by atoms with E-state index in [1.807, 2.05) is 0 Å². The number of aliphatic imine (C=N–C) groups is 1. The Labute approximate surface area is 326 Å². The van der Waals surface area contributed by atoms with Gasteiger partial charge in [0.2, 0.25) is 0 Å². The molecule has 0 saturated carbocycles. The van der Waals surface area contributed by atoms with Crippen LogP contribution in [0.5, 0.6) is 0 Å². The largest absolute Gasteiger partial charge is 0.248 e. The Morgan fingerprint density at radius 2 is 0.893 bits per heavy atom. The van der Waals surface area contributed by atoms with Gasteiger partial charge in [-0.1, -0.05) is 176 Å². The summed E-state index contributed by atoms with van der Waals surface area (Å²) in [6, 6.07) is 69.4. The lowest BCUT2D eigenvalue weighted by Gasteiger charge is -2.31. The summed E-state index contributed by atoms with van der Waals surface area (Å²) >= 11 is 0. The Morgan fingerprint density at radius 1 is 0.393 bits per heavy atom. The van der Waals surface area contributed by atoms with Crippen LogP contribution >= 0.6 is 0 Å². The zero-order chi connectivity index (χ0) is 37.0. The van der Waals surface area contributed by atoms with E-state index >= 15 is 0 Å². The van der Waals surface area contributed by atoms with Crippen molar-refractivity contribution in [2.45, 2.75) is 11.3 Å². The Kier molecular flexibility index (Phi) is 6.54. The summed E-state index contributed by atoms with van der Waals surface area (Å²) in [5.41, 5.74) is 16.4. The highest BCUT2D eigenvalue weighted by atomic mass is 14.8. The van der Waals surface area contributed by atoms with E-state index in [1.165, 1.54) is 82.4 Å². The third-order valence-corrected chi connectivity index (χ3v) is 12.7. The summed E-state index contributed by atoms with van der Waals surface area (Å²) in [5.74, 6) is 0.0126. The third kappa shape index (κ3) is 4.17. The molecule has 0 saturated heterocycles. The molecule has 9 aromatic rings. The van der Waals surface area contributed by atoms with E-state index in [2.05, 4.69) is 194 Å². The molecule has 1 aliphatic heterocycles. The first-order chi connectivity index (χ1) is 27.7. The minimum absolute atomic E-state index is 0.0126. The molecule has 1 heterocycles. The number of hydrogen-bond acceptors (Lipinski definition) is 1. The number of rotatable bonds is 3. The van der Waals surface area contributed by atoms with Crippen molar-refractivity contribution in [2.75, 3.05) is 0 Å². The van der Waals surface area contributed by atoms with Crippen molar-refractivity contribution in [3.8, 4) is 22.3 Å². The van der Waals surface area contributed by atoms with E-state index in [4.69, 9.17) is 11.6 Å². The zero-order valence-corrected chi connectivity index (χ0v) is 30.7. The molecule has 9 aromatic carbocycles. The predicted octanol–water partition coefficient (Wildman–Crippen LogP) is 13.7. The number of allylic oxidation sites excluding steroid dienone is 2. The Bertz CT molecular complexity index is 3200. The van der Waals surface area contributed by atoms with Crippen LogP contribution in [0.3, 0.4) is 0 Å². The summed E-state index contributed by atoms with van der Waals surface area (Å²) in [4.78, 5) is 5.39. The summed E-state index contributed by atoms with van der Waals surface area (Å²) in [6.45, 7) is 4.73. The van der Waals surface area contributed by atoms with Crippen LogP contribution in [0.4, 0.5) is 0 Å². The number of benzene rings is 9. The van der Waals surface area contributed by atoms with Crippen molar-refractivity contribution in [3.05, 3.63) is 245 Å². The third-order valence-electron chi connectivity index (χ3n) is 12.7. The Balaban J connectivity index is 1.12. The fourth-order valence-corrected chi connectivity index (χ4v) is 10.3. The lowest BCUT2D eigenvalue weighted by molar-refractivity contribution is 0.795. The van der Waals surface area contributed by atoms with Gasteiger partial charge in [0.25, 0.3) is 0 Å². The molecule has 0 bridgehead atoms. The first kappa shape index (κ1) is 31.3. The van der Waals surface area contributed by atoms with Gasteiger partial charge in [-0.2, -0.15) is 0 Å². The van der Waals surface area contributed by atoms with Crippen LogP contribution in [-0.2, 0) is 5.41 Å². The van der Waals surface area contributed by atoms with E-state index < -0.39 is 5.41 Å². The highest BCUT2D eigenvalue weighted by Gasteiger charge is 2.52. The number of hydrogen-bond donors (Lipinski definition) is 0. The summed E-state index contributed by atoms with van der Waals surface area (Å²) < 4.78 is 0. The van der Waals surface area contributed by atoms with Crippen LogP contribution in [0.15, 0.2) is 211 Å². The van der Waals surface area contributed by atoms with E-state index in [-0.39, 0.29) is 5.92 Å². The molecule has 260 valence electrons. The van der Waals surface area contributed by atoms with Crippen molar-refractivity contribution in [1.29, 1.82) is 0 Å². The van der Waals surface area contributed by atoms with Crippen molar-refractivity contribution < 1.29 is 0 Å². The molecular formula is C55H35N. The van der Waals surface area contributed by atoms with E-state index in [0.29, 0.717) is 0 Å². The molecule has 2 aliphatic carbocycles. The average Bonchev–Trinajstić information content (AvgIpc) is 3.73. The van der Waals surface area contributed by atoms with Gasteiger partial charge >= 0.3 is 0 Å². The molecule has 0 fully saturated rings. The maximum absolute atomic E-state index is 5.39. The molecule has 1 spiro atoms. The SMILES string of the molecule is C=C1C(c2ccc3c(c2)-c2ccccc2C32c3ccccc3-c3cc4c5ccccc5c5ccccc5c4cc32)=NC(c2ccccc2)=CC1c1ccccc1. The van der Waals surface area contributed by atoms with Gasteiger partial charge in [-0.3, -0.25) is 0 Å². The van der Waals surface area contributed by atoms with Crippen molar-refractivity contribution in [3.63, 3.8) is 0 Å². The van der Waals surface area contributed by atoms with Crippen molar-refractivity contribution in [1.82, 2.24) is 0 Å². The first-order valence-electron chi connectivity index (χ1n) is 19.5. The van der Waals surface area contributed by atoms with Gasteiger partial charge in [0.1, 0.15) is 0 Å². The maximum atomic E-state index is 5.39. The second-order valence-electron chi connectivity index (χ2n) is 15.4. The highest BCUT2D eigenvalue weighted by molar-refractivity contribution is 6.26. The lowest BCUT2D eigenvalue weighted by Crippen LogP contribution is -2.26. The van der Waals surface area contributed by atoms with Crippen molar-refractivity contribution in [2.24, 2.45) is 4.99 Å². The van der Waals surface area contributed by atoms with Gasteiger partial charge in [-0.15, -0.1) is 0 Å². The lowest BCUT2D eigenvalue weighted by atomic mass is 9.70. The second-order valence-corrected chi connectivity index (χ2v) is 15.4. The van der Waals surface area contributed by atoms with Gasteiger partial charge < -0.3 is 0 Å². The van der Waals surface area contributed by atoms with Crippen LogP contribution in [0.25, 0.3) is 60.3 Å². The first-order valence-corrected chi connectivity index (χ1v) is 19.5. The van der Waals surface area contributed by atoms with Gasteiger partial charge in [-0.05, 0) is 118 Å². The molecule has 3 aliphatic rings. The van der Waals surface area contributed by atoms with Crippen LogP contribution in [0, 0.1) is 0 Å². The molecule has 1 heteroatoms. The molecule has 1 nitrogen and oxygen atoms in total. The van der Waals surface area contributed by atoms with E-state index in [1.54, 1.807) is 0 Å². The quantitative estimate of drug-likeness (QED) is 0.162. The molecule has 0 aromatic heterocycles. The fourth-order valence-electron chi connectivity index (χ4n) is 10.3. The smallest absolute Gasteiger partial charge is 0.0745 e. The van der Waals surface area contributed by atoms with Gasteiger partial charge in [0.15, 0.2) is 0 Å². The molecule has 12 rings (SSSR count). The molecule has 56 heavy (non-hydrogen) atoms. The molecule has 2 unspecified atom stereocenters. The molecule has 0 amide bonds. The summed E-state index contributed by atoms with van der Waals surface area (Å²) in [7, 11) is 0. The fraction of sp³-hybridized carbons (Fsp3) is 0.0364. The van der Waals surface area contributed by atoms with Gasteiger partial charge in [-0.25, -0.2) is 4.99 Å². The monoisotopic (exact) mass is 709 g/mol. The minimum atomic E-state index is -0.468. The normalized spacial score (nSPS) is 17.8. The van der Waals surface area contributed by atoms with Gasteiger partial charge in [0.05, 0.1) is 16.8 Å². The number of nitrogens with zero attached hydrogens (tertiary/aromatic N) is 1. The number of fused-ring (bicyclic) bond motifs is 16. The van der Waals surface area contributed by atoms with E-state index in [9.17, 15) is 0 Å². The zero-order valence-electron chi connectivity index (χ0n) is 30.7. The van der Waals surface area contributed by atoms with Crippen LogP contribution in [-0.4, -0.2) is 5.71 Å². The van der Waals surface area contributed by atoms with E-state index in [0.717, 1.165) is 28.1 Å². The summed E-state index contributed by atoms with van der Waals surface area (Å²) in [5, 5.41) is 7.78. The minimum Gasteiger partial charge on any atom is -0.248 e. The molecule has 2 atom stereocenters. The maximum Gasteiger partial charge on any atom is 0.0745 e. The second kappa shape index (κ2) is 11.7. The predicted molar refractivity (Wildman–Crippen MR) is 235 cm³/mol. The van der Waals surface area contributed by atoms with Crippen LogP contribution in [0.2, 0.25) is 0 Å². The topological polar surface area (TPSA) is 12.4 Å². The van der Waals surface area contributed by atoms with Crippen LogP contribution < -0.4 is 0 Å². The van der Waals surface area contributed by atoms with Crippen LogP contribution in [0.1, 0.15) is 44.9 Å². The highest BCUT2D eigenvalue weighted by Crippen LogP contribution is 2.63. The molecule has 0 radical (unpaired) electrons. The Morgan fingerprint density at radius 3 is 1.54 bits per heavy atom.